The number of nitrogens with two attached hydrogens (primary N) is 1. The number of anilines is 2. The van der Waals surface area contributed by atoms with Gasteiger partial charge in [0.2, 0.25) is 0 Å². The van der Waals surface area contributed by atoms with E-state index in [0.29, 0.717) is 5.56 Å². The number of fused-ring (bicyclic) bond motifs is 8. The van der Waals surface area contributed by atoms with E-state index in [1.54, 1.807) is 5.01 Å². The van der Waals surface area contributed by atoms with Gasteiger partial charge in [0.1, 0.15) is 17.0 Å². The van der Waals surface area contributed by atoms with Crippen molar-refractivity contribution in [2.24, 2.45) is 5.84 Å². The summed E-state index contributed by atoms with van der Waals surface area (Å²) in [4.78, 5) is 19.0. The Morgan fingerprint density at radius 1 is 0.711 bits per heavy atom. The first-order valence-corrected chi connectivity index (χ1v) is 14.4. The maximum Gasteiger partial charge on any atom is 0.269 e. The second-order valence-electron chi connectivity index (χ2n) is 11.9. The van der Waals surface area contributed by atoms with Crippen LogP contribution in [0.15, 0.2) is 36.4 Å². The molecule has 192 valence electrons. The average Bonchev–Trinajstić information content (AvgIpc) is 3.18. The molecule has 0 saturated heterocycles. The molecule has 9 rings (SSSR count). The van der Waals surface area contributed by atoms with Crippen LogP contribution in [0.2, 0.25) is 0 Å². The van der Waals surface area contributed by atoms with Crippen molar-refractivity contribution >= 4 is 17.3 Å². The van der Waals surface area contributed by atoms with Crippen LogP contribution in [0, 0.1) is 0 Å². The van der Waals surface area contributed by atoms with Crippen LogP contribution in [0.5, 0.6) is 11.5 Å². The summed E-state index contributed by atoms with van der Waals surface area (Å²) in [5.41, 5.74) is 11.1. The Bertz CT molecular complexity index is 1490. The fourth-order valence-electron chi connectivity index (χ4n) is 8.63. The lowest BCUT2D eigenvalue weighted by Gasteiger charge is -2.47. The van der Waals surface area contributed by atoms with Crippen molar-refractivity contribution in [1.82, 2.24) is 5.01 Å². The molecule has 3 aromatic rings. The lowest BCUT2D eigenvalue weighted by molar-refractivity contribution is 0.0664. The minimum Gasteiger partial charge on any atom is -0.456 e. The highest BCUT2D eigenvalue weighted by molar-refractivity contribution is 6.02. The number of hydrogen-bond acceptors (Lipinski definition) is 5. The molecule has 0 bridgehead atoms. The zero-order valence-electron chi connectivity index (χ0n) is 21.7. The van der Waals surface area contributed by atoms with E-state index in [-0.39, 0.29) is 5.91 Å². The van der Waals surface area contributed by atoms with Crippen LogP contribution in [0.3, 0.4) is 0 Å². The van der Waals surface area contributed by atoms with Gasteiger partial charge in [-0.1, -0.05) is 18.2 Å². The Kier molecular flexibility index (Phi) is 4.13. The van der Waals surface area contributed by atoms with Crippen LogP contribution < -0.4 is 20.4 Å². The van der Waals surface area contributed by atoms with Crippen molar-refractivity contribution in [3.63, 3.8) is 0 Å². The lowest BCUT2D eigenvalue weighted by atomic mass is 9.71. The van der Waals surface area contributed by atoms with Crippen molar-refractivity contribution in [2.45, 2.75) is 56.9 Å². The summed E-state index contributed by atoms with van der Waals surface area (Å²) in [6, 6.07) is 12.8. The summed E-state index contributed by atoms with van der Waals surface area (Å²) in [7, 11) is 0. The maximum atomic E-state index is 13.8. The number of ether oxygens (including phenoxy) is 1. The summed E-state index contributed by atoms with van der Waals surface area (Å²) in [5, 5.41) is 1.54. The molecule has 0 radical (unpaired) electrons. The van der Waals surface area contributed by atoms with E-state index in [1.165, 1.54) is 33.6 Å². The Morgan fingerprint density at radius 2 is 1.24 bits per heavy atom. The summed E-state index contributed by atoms with van der Waals surface area (Å²) >= 11 is 0. The van der Waals surface area contributed by atoms with E-state index in [0.717, 1.165) is 106 Å². The number of hydrazine groups is 1. The van der Waals surface area contributed by atoms with Gasteiger partial charge >= 0.3 is 0 Å². The smallest absolute Gasteiger partial charge is 0.269 e. The molecule has 2 N–H and O–H groups in total. The van der Waals surface area contributed by atoms with Gasteiger partial charge in [-0.3, -0.25) is 9.80 Å². The fraction of sp³-hybridized carbons (Fsp3) is 0.406. The first kappa shape index (κ1) is 21.4. The number of carbonyl (C=O) groups is 1. The summed E-state index contributed by atoms with van der Waals surface area (Å²) < 4.78 is 7.16. The molecule has 0 unspecified atom stereocenters. The molecule has 6 aliphatic rings. The van der Waals surface area contributed by atoms with Gasteiger partial charge in [-0.2, -0.15) is 0 Å². The number of amides is 1. The molecule has 6 heterocycles. The van der Waals surface area contributed by atoms with Crippen molar-refractivity contribution in [2.75, 3.05) is 36.0 Å². The Labute approximate surface area is 222 Å². The van der Waals surface area contributed by atoms with Crippen molar-refractivity contribution in [3.8, 4) is 11.5 Å². The maximum absolute atomic E-state index is 13.8. The molecule has 3 aromatic carbocycles. The second-order valence-corrected chi connectivity index (χ2v) is 11.9. The monoisotopic (exact) mass is 504 g/mol. The SMILES string of the molecule is NN1C(=O)c2ccccc2C12c1cc3c4c(c1Oc1c2cc2c5c1CCCN5CCC2)CCCN4CCC3. The molecule has 6 nitrogen and oxygen atoms in total. The number of carbonyl (C=O) groups excluding carboxylic acids is 1. The van der Waals surface area contributed by atoms with E-state index >= 15 is 0 Å². The fourth-order valence-corrected chi connectivity index (χ4v) is 8.63. The largest absolute Gasteiger partial charge is 0.456 e. The molecule has 1 spiro atoms. The zero-order chi connectivity index (χ0) is 25.2. The molecule has 0 atom stereocenters. The summed E-state index contributed by atoms with van der Waals surface area (Å²) in [5.74, 6) is 8.78. The van der Waals surface area contributed by atoms with Crippen LogP contribution in [0.25, 0.3) is 0 Å². The first-order valence-electron chi connectivity index (χ1n) is 14.4. The molecule has 38 heavy (non-hydrogen) atoms. The Balaban J connectivity index is 1.44. The van der Waals surface area contributed by atoms with Crippen LogP contribution in [0.1, 0.15) is 75.0 Å². The first-order chi connectivity index (χ1) is 18.7. The van der Waals surface area contributed by atoms with Gasteiger partial charge in [0.05, 0.1) is 0 Å². The van der Waals surface area contributed by atoms with Crippen molar-refractivity contribution in [3.05, 3.63) is 80.9 Å². The molecule has 6 heteroatoms. The van der Waals surface area contributed by atoms with E-state index in [1.807, 2.05) is 12.1 Å². The highest BCUT2D eigenvalue weighted by atomic mass is 16.5. The van der Waals surface area contributed by atoms with Crippen LogP contribution in [-0.2, 0) is 31.2 Å². The number of hydrogen-bond donors (Lipinski definition) is 1. The normalized spacial score (nSPS) is 21.4. The molecule has 0 aromatic heterocycles. The Hall–Kier alpha value is -3.51. The number of benzene rings is 3. The lowest BCUT2D eigenvalue weighted by Crippen LogP contribution is -2.52. The van der Waals surface area contributed by atoms with E-state index in [9.17, 15) is 4.79 Å². The van der Waals surface area contributed by atoms with Crippen LogP contribution >= 0.6 is 0 Å². The minimum absolute atomic E-state index is 0.111. The Morgan fingerprint density at radius 3 is 1.82 bits per heavy atom. The topological polar surface area (TPSA) is 62.0 Å². The molecule has 0 fully saturated rings. The number of nitrogens with zero attached hydrogens (tertiary/aromatic N) is 3. The molecular formula is C32H32N4O2. The van der Waals surface area contributed by atoms with Crippen molar-refractivity contribution in [1.29, 1.82) is 0 Å². The highest BCUT2D eigenvalue weighted by Gasteiger charge is 2.57. The van der Waals surface area contributed by atoms with Gasteiger partial charge in [-0.05, 0) is 80.7 Å². The summed E-state index contributed by atoms with van der Waals surface area (Å²) in [6.45, 7) is 4.44. The average molecular weight is 505 g/mol. The summed E-state index contributed by atoms with van der Waals surface area (Å²) in [6.07, 6.45) is 8.67. The standard InChI is InChI=1S/C32H32N4O2/c33-36-31(37)21-9-1-2-12-24(21)32(36)25-17-19-7-3-13-34-15-5-10-22(27(19)34)29(25)38-30-23-11-6-16-35-14-4-8-20(28(23)35)18-26(30)32/h1-2,9,12,17-18H,3-8,10-11,13-16,33H2. The van der Waals surface area contributed by atoms with Gasteiger partial charge < -0.3 is 14.5 Å². The predicted octanol–water partition coefficient (Wildman–Crippen LogP) is 4.81. The molecule has 0 aliphatic carbocycles. The second kappa shape index (κ2) is 7.32. The van der Waals surface area contributed by atoms with E-state index in [4.69, 9.17) is 10.6 Å². The van der Waals surface area contributed by atoms with E-state index in [2.05, 4.69) is 34.1 Å². The highest BCUT2D eigenvalue weighted by Crippen LogP contribution is 2.61. The molecule has 6 aliphatic heterocycles. The van der Waals surface area contributed by atoms with Crippen LogP contribution in [0.4, 0.5) is 11.4 Å². The van der Waals surface area contributed by atoms with Gasteiger partial charge in [-0.15, -0.1) is 0 Å². The third-order valence-corrected chi connectivity index (χ3v) is 10.1. The van der Waals surface area contributed by atoms with Crippen molar-refractivity contribution < 1.29 is 9.53 Å². The van der Waals surface area contributed by atoms with Gasteiger partial charge in [-0.25, -0.2) is 5.84 Å². The third kappa shape index (κ3) is 2.42. The van der Waals surface area contributed by atoms with Crippen LogP contribution in [-0.4, -0.2) is 37.1 Å². The molecule has 0 saturated carbocycles. The molecular weight excluding hydrogens is 472 g/mol. The zero-order valence-corrected chi connectivity index (χ0v) is 21.7. The number of rotatable bonds is 0. The molecule has 1 amide bonds. The minimum atomic E-state index is -0.882. The van der Waals surface area contributed by atoms with Gasteiger partial charge in [0.15, 0.2) is 0 Å². The third-order valence-electron chi connectivity index (χ3n) is 10.1. The quantitative estimate of drug-likeness (QED) is 0.352. The van der Waals surface area contributed by atoms with Gasteiger partial charge in [0, 0.05) is 70.9 Å². The number of aryl methyl sites for hydroxylation is 2. The van der Waals surface area contributed by atoms with Gasteiger partial charge in [0.25, 0.3) is 5.91 Å². The van der Waals surface area contributed by atoms with E-state index < -0.39 is 5.54 Å². The predicted molar refractivity (Wildman–Crippen MR) is 147 cm³/mol.